The molecule has 0 saturated carbocycles. The van der Waals surface area contributed by atoms with Gasteiger partial charge in [-0.2, -0.15) is 0 Å². The molecule has 0 aliphatic carbocycles. The van der Waals surface area contributed by atoms with Crippen LogP contribution in [0.15, 0.2) is 18.2 Å². The summed E-state index contributed by atoms with van der Waals surface area (Å²) in [6.07, 6.45) is 0. The van der Waals surface area contributed by atoms with Crippen LogP contribution >= 0.6 is 11.6 Å². The first-order chi connectivity index (χ1) is 8.88. The lowest BCUT2D eigenvalue weighted by Gasteiger charge is -2.26. The number of hydrogen-bond acceptors (Lipinski definition) is 3. The van der Waals surface area contributed by atoms with Crippen molar-refractivity contribution in [2.45, 2.75) is 26.8 Å². The molecule has 104 valence electrons. The zero-order chi connectivity index (χ0) is 14.6. The molecule has 0 unspecified atom stereocenters. The fraction of sp³-hybridized carbons (Fsp3) is 0.429. The monoisotopic (exact) mass is 283 g/mol. The van der Waals surface area contributed by atoms with Crippen molar-refractivity contribution >= 4 is 23.5 Å². The zero-order valence-electron chi connectivity index (χ0n) is 11.6. The lowest BCUT2D eigenvalue weighted by molar-refractivity contribution is -0.141. The number of amides is 1. The van der Waals surface area contributed by atoms with Gasteiger partial charge in [0.1, 0.15) is 6.54 Å². The third-order valence-electron chi connectivity index (χ3n) is 2.91. The van der Waals surface area contributed by atoms with E-state index in [-0.39, 0.29) is 18.5 Å². The van der Waals surface area contributed by atoms with Crippen molar-refractivity contribution in [3.63, 3.8) is 0 Å². The van der Waals surface area contributed by atoms with Gasteiger partial charge in [-0.1, -0.05) is 17.7 Å². The SMILES string of the molecule is COC(=O)CN(C(=O)c1cccc(Cl)c1C)C(C)C. The van der Waals surface area contributed by atoms with Gasteiger partial charge in [0.05, 0.1) is 7.11 Å². The van der Waals surface area contributed by atoms with Gasteiger partial charge in [-0.3, -0.25) is 9.59 Å². The van der Waals surface area contributed by atoms with Crippen LogP contribution in [0.4, 0.5) is 0 Å². The largest absolute Gasteiger partial charge is 0.468 e. The summed E-state index contributed by atoms with van der Waals surface area (Å²) in [4.78, 5) is 25.3. The fourth-order valence-corrected chi connectivity index (χ4v) is 1.86. The van der Waals surface area contributed by atoms with E-state index in [4.69, 9.17) is 11.6 Å². The Morgan fingerprint density at radius 2 is 2.00 bits per heavy atom. The van der Waals surface area contributed by atoms with Crippen LogP contribution in [0, 0.1) is 6.92 Å². The maximum atomic E-state index is 12.5. The number of nitrogens with zero attached hydrogens (tertiary/aromatic N) is 1. The van der Waals surface area contributed by atoms with Gasteiger partial charge in [0, 0.05) is 16.6 Å². The molecule has 0 saturated heterocycles. The summed E-state index contributed by atoms with van der Waals surface area (Å²) < 4.78 is 4.61. The second-order valence-corrected chi connectivity index (χ2v) is 4.92. The number of benzene rings is 1. The molecule has 0 fully saturated rings. The number of methoxy groups -OCH3 is 1. The number of ether oxygens (including phenoxy) is 1. The molecule has 0 radical (unpaired) electrons. The molecule has 0 aromatic heterocycles. The second kappa shape index (κ2) is 6.57. The summed E-state index contributed by atoms with van der Waals surface area (Å²) in [7, 11) is 1.30. The van der Waals surface area contributed by atoms with Crippen molar-refractivity contribution in [3.05, 3.63) is 34.3 Å². The van der Waals surface area contributed by atoms with Crippen LogP contribution in [-0.4, -0.2) is 36.5 Å². The molecular weight excluding hydrogens is 266 g/mol. The molecule has 0 aliphatic heterocycles. The van der Waals surface area contributed by atoms with Gasteiger partial charge in [0.2, 0.25) is 0 Å². The Labute approximate surface area is 118 Å². The first-order valence-electron chi connectivity index (χ1n) is 6.01. The molecule has 19 heavy (non-hydrogen) atoms. The molecule has 0 aliphatic rings. The number of rotatable bonds is 4. The minimum absolute atomic E-state index is 0.0705. The highest BCUT2D eigenvalue weighted by Gasteiger charge is 2.23. The predicted octanol–water partition coefficient (Wildman–Crippen LogP) is 2.67. The normalized spacial score (nSPS) is 10.4. The second-order valence-electron chi connectivity index (χ2n) is 4.52. The van der Waals surface area contributed by atoms with E-state index in [2.05, 4.69) is 4.74 Å². The number of halogens is 1. The smallest absolute Gasteiger partial charge is 0.325 e. The van der Waals surface area contributed by atoms with Gasteiger partial charge >= 0.3 is 5.97 Å². The van der Waals surface area contributed by atoms with Gasteiger partial charge in [-0.15, -0.1) is 0 Å². The highest BCUT2D eigenvalue weighted by molar-refractivity contribution is 6.31. The Balaban J connectivity index is 3.06. The Morgan fingerprint density at radius 1 is 1.37 bits per heavy atom. The lowest BCUT2D eigenvalue weighted by Crippen LogP contribution is -2.41. The van der Waals surface area contributed by atoms with Gasteiger partial charge in [0.15, 0.2) is 0 Å². The molecule has 1 rings (SSSR count). The van der Waals surface area contributed by atoms with Gasteiger partial charge < -0.3 is 9.64 Å². The van der Waals surface area contributed by atoms with Crippen molar-refractivity contribution in [2.75, 3.05) is 13.7 Å². The van der Waals surface area contributed by atoms with Gasteiger partial charge in [-0.05, 0) is 38.5 Å². The first kappa shape index (κ1) is 15.5. The standard InChI is InChI=1S/C14H18ClNO3/c1-9(2)16(8-13(17)19-4)14(18)11-6-5-7-12(15)10(11)3/h5-7,9H,8H2,1-4H3. The Hall–Kier alpha value is -1.55. The number of carbonyl (C=O) groups is 2. The zero-order valence-corrected chi connectivity index (χ0v) is 12.3. The van der Waals surface area contributed by atoms with E-state index in [1.807, 2.05) is 13.8 Å². The Morgan fingerprint density at radius 3 is 2.53 bits per heavy atom. The van der Waals surface area contributed by atoms with E-state index in [1.165, 1.54) is 12.0 Å². The van der Waals surface area contributed by atoms with Crippen molar-refractivity contribution in [3.8, 4) is 0 Å². The predicted molar refractivity (Wildman–Crippen MR) is 74.4 cm³/mol. The Bertz CT molecular complexity index is 486. The van der Waals surface area contributed by atoms with Crippen LogP contribution in [0.1, 0.15) is 29.8 Å². The maximum absolute atomic E-state index is 12.5. The summed E-state index contributed by atoms with van der Waals surface area (Å²) in [5.41, 5.74) is 1.22. The minimum Gasteiger partial charge on any atom is -0.468 e. The molecule has 5 heteroatoms. The van der Waals surface area contributed by atoms with Crippen molar-refractivity contribution in [1.29, 1.82) is 0 Å². The maximum Gasteiger partial charge on any atom is 0.325 e. The van der Waals surface area contributed by atoms with E-state index < -0.39 is 5.97 Å². The molecule has 0 bridgehead atoms. The van der Waals surface area contributed by atoms with Crippen LogP contribution in [0.25, 0.3) is 0 Å². The number of esters is 1. The van der Waals surface area contributed by atoms with Gasteiger partial charge in [0.25, 0.3) is 5.91 Å². The van der Waals surface area contributed by atoms with E-state index in [0.29, 0.717) is 16.1 Å². The lowest BCUT2D eigenvalue weighted by atomic mass is 10.1. The average molecular weight is 284 g/mol. The molecule has 0 N–H and O–H groups in total. The van der Waals surface area contributed by atoms with Crippen LogP contribution in [-0.2, 0) is 9.53 Å². The van der Waals surface area contributed by atoms with Crippen molar-refractivity contribution in [1.82, 2.24) is 4.90 Å². The molecule has 4 nitrogen and oxygen atoms in total. The van der Waals surface area contributed by atoms with E-state index in [9.17, 15) is 9.59 Å². The van der Waals surface area contributed by atoms with Crippen LogP contribution in [0.5, 0.6) is 0 Å². The summed E-state index contributed by atoms with van der Waals surface area (Å²) in [6.45, 7) is 5.41. The third-order valence-corrected chi connectivity index (χ3v) is 3.32. The van der Waals surface area contributed by atoms with E-state index in [1.54, 1.807) is 25.1 Å². The summed E-state index contributed by atoms with van der Waals surface area (Å²) in [6, 6.07) is 5.05. The fourth-order valence-electron chi connectivity index (χ4n) is 1.69. The molecule has 0 heterocycles. The summed E-state index contributed by atoms with van der Waals surface area (Å²) in [5, 5.41) is 0.535. The summed E-state index contributed by atoms with van der Waals surface area (Å²) >= 11 is 6.01. The number of hydrogen-bond donors (Lipinski definition) is 0. The molecule has 0 atom stereocenters. The van der Waals surface area contributed by atoms with Crippen LogP contribution in [0.2, 0.25) is 5.02 Å². The molecule has 1 amide bonds. The quantitative estimate of drug-likeness (QED) is 0.798. The Kier molecular flexibility index (Phi) is 5.36. The molecule has 1 aromatic carbocycles. The van der Waals surface area contributed by atoms with Gasteiger partial charge in [-0.25, -0.2) is 0 Å². The summed E-state index contributed by atoms with van der Waals surface area (Å²) in [5.74, 6) is -0.665. The minimum atomic E-state index is -0.443. The topological polar surface area (TPSA) is 46.6 Å². The van der Waals surface area contributed by atoms with Crippen LogP contribution in [0.3, 0.4) is 0 Å². The van der Waals surface area contributed by atoms with Crippen LogP contribution < -0.4 is 0 Å². The van der Waals surface area contributed by atoms with Crippen molar-refractivity contribution < 1.29 is 14.3 Å². The molecule has 0 spiro atoms. The van der Waals surface area contributed by atoms with E-state index in [0.717, 1.165) is 0 Å². The molecule has 1 aromatic rings. The van der Waals surface area contributed by atoms with E-state index >= 15 is 0 Å². The first-order valence-corrected chi connectivity index (χ1v) is 6.39. The highest BCUT2D eigenvalue weighted by Crippen LogP contribution is 2.20. The average Bonchev–Trinajstić information content (AvgIpc) is 2.37. The molecular formula is C14H18ClNO3. The third kappa shape index (κ3) is 3.70. The highest BCUT2D eigenvalue weighted by atomic mass is 35.5. The van der Waals surface area contributed by atoms with Crippen molar-refractivity contribution in [2.24, 2.45) is 0 Å². The number of carbonyl (C=O) groups excluding carboxylic acids is 2.